The van der Waals surface area contributed by atoms with Crippen LogP contribution in [0.2, 0.25) is 0 Å². The van der Waals surface area contributed by atoms with Crippen molar-refractivity contribution in [2.75, 3.05) is 20.2 Å². The lowest BCUT2D eigenvalue weighted by atomic mass is 10.2. The predicted octanol–water partition coefficient (Wildman–Crippen LogP) is 1.49. The summed E-state index contributed by atoms with van der Waals surface area (Å²) < 4.78 is 31.5. The number of carbonyl (C=O) groups excluding carboxylic acids is 2. The average molecular weight is 420 g/mol. The highest BCUT2D eigenvalue weighted by atomic mass is 32.2. The third kappa shape index (κ3) is 6.02. The van der Waals surface area contributed by atoms with Crippen molar-refractivity contribution < 1.29 is 22.7 Å². The van der Waals surface area contributed by atoms with Crippen LogP contribution in [0.3, 0.4) is 0 Å². The zero-order chi connectivity index (χ0) is 21.4. The number of nitrogens with zero attached hydrogens (tertiary/aromatic N) is 1. The molecule has 0 aliphatic carbocycles. The zero-order valence-corrected chi connectivity index (χ0v) is 17.4. The smallest absolute Gasteiger partial charge is 0.309 e. The van der Waals surface area contributed by atoms with E-state index in [1.165, 1.54) is 31.6 Å². The molecule has 156 valence electrons. The first kappa shape index (κ1) is 22.4. The molecule has 29 heavy (non-hydrogen) atoms. The van der Waals surface area contributed by atoms with Crippen LogP contribution in [-0.4, -0.2) is 45.4 Å². The van der Waals surface area contributed by atoms with Gasteiger partial charge in [0.05, 0.1) is 12.0 Å². The fourth-order valence-corrected chi connectivity index (χ4v) is 4.19. The summed E-state index contributed by atoms with van der Waals surface area (Å²) in [5.41, 5.74) is 0.409. The van der Waals surface area contributed by atoms with Gasteiger partial charge in [-0.05, 0) is 41.8 Å². The number of aromatic nitrogens is 1. The third-order valence-corrected chi connectivity index (χ3v) is 6.26. The fourth-order valence-electron chi connectivity index (χ4n) is 2.55. The molecule has 0 radical (unpaired) electrons. The maximum Gasteiger partial charge on any atom is 0.309 e. The molecule has 0 aliphatic rings. The molecule has 1 aromatic heterocycles. The average Bonchev–Trinajstić information content (AvgIpc) is 2.72. The van der Waals surface area contributed by atoms with Gasteiger partial charge in [0.15, 0.2) is 9.84 Å². The zero-order valence-electron chi connectivity index (χ0n) is 16.6. The van der Waals surface area contributed by atoms with Crippen molar-refractivity contribution in [3.05, 3.63) is 54.4 Å². The van der Waals surface area contributed by atoms with Crippen LogP contribution in [0.4, 0.5) is 0 Å². The molecule has 2 rings (SSSR count). The van der Waals surface area contributed by atoms with Crippen LogP contribution in [0.5, 0.6) is 5.75 Å². The lowest BCUT2D eigenvalue weighted by molar-refractivity contribution is -0.139. The Balaban J connectivity index is 2.23. The number of amides is 2. The Morgan fingerprint density at radius 1 is 1.03 bits per heavy atom. The highest BCUT2D eigenvalue weighted by Crippen LogP contribution is 2.29. The van der Waals surface area contributed by atoms with Gasteiger partial charge in [0.25, 0.3) is 0 Å². The number of ether oxygens (including phenoxy) is 1. The van der Waals surface area contributed by atoms with E-state index in [1.54, 1.807) is 24.3 Å². The van der Waals surface area contributed by atoms with E-state index < -0.39 is 26.9 Å². The molecule has 0 aliphatic heterocycles. The quantitative estimate of drug-likeness (QED) is 0.627. The van der Waals surface area contributed by atoms with Gasteiger partial charge in [-0.2, -0.15) is 0 Å². The molecule has 0 saturated heterocycles. The van der Waals surface area contributed by atoms with Crippen molar-refractivity contribution in [3.63, 3.8) is 0 Å². The number of hydrogen-bond acceptors (Lipinski definition) is 6. The van der Waals surface area contributed by atoms with Crippen LogP contribution in [-0.2, 0) is 19.4 Å². The van der Waals surface area contributed by atoms with E-state index in [2.05, 4.69) is 15.6 Å². The largest absolute Gasteiger partial charge is 0.497 e. The fraction of sp³-hybridized carbons (Fsp3) is 0.350. The molecule has 0 saturated carbocycles. The number of nitrogens with one attached hydrogen (secondary N) is 2. The van der Waals surface area contributed by atoms with Crippen LogP contribution in [0, 0.1) is 5.92 Å². The van der Waals surface area contributed by atoms with Gasteiger partial charge >= 0.3 is 11.8 Å². The predicted molar refractivity (Wildman–Crippen MR) is 108 cm³/mol. The summed E-state index contributed by atoms with van der Waals surface area (Å²) in [6, 6.07) is 9.20. The molecule has 1 atom stereocenters. The van der Waals surface area contributed by atoms with Gasteiger partial charge in [-0.3, -0.25) is 14.6 Å². The van der Waals surface area contributed by atoms with Crippen molar-refractivity contribution in [1.82, 2.24) is 15.6 Å². The first-order chi connectivity index (χ1) is 13.8. The maximum absolute atomic E-state index is 13.2. The first-order valence-corrected chi connectivity index (χ1v) is 10.6. The number of sulfone groups is 1. The summed E-state index contributed by atoms with van der Waals surface area (Å²) in [6.07, 6.45) is 2.95. The van der Waals surface area contributed by atoms with Crippen LogP contribution in [0.25, 0.3) is 0 Å². The number of hydrogen-bond donors (Lipinski definition) is 2. The molecule has 2 amide bonds. The van der Waals surface area contributed by atoms with Gasteiger partial charge in [-0.15, -0.1) is 0 Å². The van der Waals surface area contributed by atoms with Gasteiger partial charge in [0.2, 0.25) is 0 Å². The Bertz CT molecular complexity index is 928. The van der Waals surface area contributed by atoms with Gasteiger partial charge in [0, 0.05) is 25.5 Å². The molecule has 9 heteroatoms. The van der Waals surface area contributed by atoms with Crippen molar-refractivity contribution in [1.29, 1.82) is 0 Å². The van der Waals surface area contributed by atoms with E-state index in [0.717, 1.165) is 0 Å². The highest BCUT2D eigenvalue weighted by Gasteiger charge is 2.30. The number of benzene rings is 1. The molecular weight excluding hydrogens is 394 g/mol. The highest BCUT2D eigenvalue weighted by molar-refractivity contribution is 7.91. The summed E-state index contributed by atoms with van der Waals surface area (Å²) in [7, 11) is -2.38. The maximum atomic E-state index is 13.2. The Kier molecular flexibility index (Phi) is 7.72. The molecule has 0 fully saturated rings. The van der Waals surface area contributed by atoms with Crippen LogP contribution in [0.15, 0.2) is 53.7 Å². The summed E-state index contributed by atoms with van der Waals surface area (Å²) >= 11 is 0. The lowest BCUT2D eigenvalue weighted by Gasteiger charge is -2.19. The van der Waals surface area contributed by atoms with Crippen LogP contribution in [0.1, 0.15) is 24.7 Å². The molecule has 1 aromatic carbocycles. The van der Waals surface area contributed by atoms with Gasteiger partial charge in [-0.1, -0.05) is 19.9 Å². The van der Waals surface area contributed by atoms with E-state index in [4.69, 9.17) is 4.74 Å². The summed E-state index contributed by atoms with van der Waals surface area (Å²) in [4.78, 5) is 28.0. The number of rotatable bonds is 8. The van der Waals surface area contributed by atoms with Crippen LogP contribution < -0.4 is 15.4 Å². The number of methoxy groups -OCH3 is 1. The Morgan fingerprint density at radius 3 is 2.17 bits per heavy atom. The van der Waals surface area contributed by atoms with Crippen molar-refractivity contribution in [2.45, 2.75) is 24.0 Å². The topological polar surface area (TPSA) is 114 Å². The molecule has 2 N–H and O–H groups in total. The third-order valence-electron chi connectivity index (χ3n) is 4.14. The van der Waals surface area contributed by atoms with E-state index >= 15 is 0 Å². The van der Waals surface area contributed by atoms with E-state index in [-0.39, 0.29) is 17.4 Å². The minimum atomic E-state index is -3.87. The van der Waals surface area contributed by atoms with E-state index in [1.807, 2.05) is 13.8 Å². The molecule has 0 unspecified atom stereocenters. The molecule has 0 spiro atoms. The second-order valence-electron chi connectivity index (χ2n) is 6.81. The second-order valence-corrected chi connectivity index (χ2v) is 8.94. The Hall–Kier alpha value is -2.94. The van der Waals surface area contributed by atoms with Gasteiger partial charge < -0.3 is 15.4 Å². The van der Waals surface area contributed by atoms with Crippen molar-refractivity contribution in [3.8, 4) is 5.75 Å². The normalized spacial score (nSPS) is 12.3. The first-order valence-electron chi connectivity index (χ1n) is 9.09. The van der Waals surface area contributed by atoms with Crippen LogP contribution >= 0.6 is 0 Å². The molecular formula is C20H25N3O5S. The standard InChI is InChI=1S/C20H25N3O5S/c1-14(2)11-22-19(24)20(25)23-13-18(15-5-4-10-21-12-15)29(26,27)17-8-6-16(28-3)7-9-17/h4-10,12,14,18H,11,13H2,1-3H3,(H,22,24)(H,23,25)/t18-/m1/s1. The van der Waals surface area contributed by atoms with Gasteiger partial charge in [0.1, 0.15) is 11.0 Å². The van der Waals surface area contributed by atoms with E-state index in [0.29, 0.717) is 17.9 Å². The number of pyridine rings is 1. The summed E-state index contributed by atoms with van der Waals surface area (Å²) in [6.45, 7) is 3.88. The molecule has 0 bridgehead atoms. The minimum absolute atomic E-state index is 0.0747. The summed E-state index contributed by atoms with van der Waals surface area (Å²) in [5, 5.41) is 3.82. The SMILES string of the molecule is COc1ccc(S(=O)(=O)[C@H](CNC(=O)C(=O)NCC(C)C)c2cccnc2)cc1. The summed E-state index contributed by atoms with van der Waals surface area (Å²) in [5.74, 6) is -0.975. The molecule has 8 nitrogen and oxygen atoms in total. The monoisotopic (exact) mass is 419 g/mol. The molecule has 1 heterocycles. The molecule has 2 aromatic rings. The van der Waals surface area contributed by atoms with E-state index in [9.17, 15) is 18.0 Å². The lowest BCUT2D eigenvalue weighted by Crippen LogP contribution is -2.43. The van der Waals surface area contributed by atoms with Gasteiger partial charge in [-0.25, -0.2) is 8.42 Å². The second kappa shape index (κ2) is 10.0. The number of carbonyl (C=O) groups is 2. The van der Waals surface area contributed by atoms with Crippen molar-refractivity contribution >= 4 is 21.7 Å². The minimum Gasteiger partial charge on any atom is -0.497 e. The Labute approximate surface area is 170 Å². The van der Waals surface area contributed by atoms with Crippen molar-refractivity contribution in [2.24, 2.45) is 5.92 Å². The Morgan fingerprint density at radius 2 is 1.66 bits per heavy atom.